The highest BCUT2D eigenvalue weighted by Gasteiger charge is 2.32. The lowest BCUT2D eigenvalue weighted by molar-refractivity contribution is -0.130. The Balaban J connectivity index is 1.74. The highest BCUT2D eigenvalue weighted by atomic mass is 16.5. The Labute approximate surface area is 96.4 Å². The van der Waals surface area contributed by atoms with Gasteiger partial charge in [-0.25, -0.2) is 0 Å². The summed E-state index contributed by atoms with van der Waals surface area (Å²) in [6, 6.07) is 0. The molecule has 16 heavy (non-hydrogen) atoms. The maximum absolute atomic E-state index is 11.8. The van der Waals surface area contributed by atoms with Crippen molar-refractivity contribution in [1.29, 1.82) is 0 Å². The molecule has 1 saturated carbocycles. The van der Waals surface area contributed by atoms with E-state index in [9.17, 15) is 9.90 Å². The first-order valence-electron chi connectivity index (χ1n) is 6.27. The van der Waals surface area contributed by atoms with E-state index in [-0.39, 0.29) is 11.8 Å². The van der Waals surface area contributed by atoms with Crippen LogP contribution in [0.25, 0.3) is 0 Å². The molecule has 0 aromatic rings. The molecule has 2 fully saturated rings. The topological polar surface area (TPSA) is 58.6 Å². The van der Waals surface area contributed by atoms with Gasteiger partial charge in [0.05, 0.1) is 18.1 Å². The summed E-state index contributed by atoms with van der Waals surface area (Å²) in [7, 11) is 0. The summed E-state index contributed by atoms with van der Waals surface area (Å²) in [5.74, 6) is 0.0266. The summed E-state index contributed by atoms with van der Waals surface area (Å²) in [4.78, 5) is 11.8. The van der Waals surface area contributed by atoms with Gasteiger partial charge in [0.15, 0.2) is 0 Å². The van der Waals surface area contributed by atoms with Gasteiger partial charge in [-0.3, -0.25) is 4.79 Å². The lowest BCUT2D eigenvalue weighted by atomic mass is 9.99. The van der Waals surface area contributed by atoms with Crippen molar-refractivity contribution in [2.45, 2.75) is 44.1 Å². The van der Waals surface area contributed by atoms with Crippen molar-refractivity contribution in [2.24, 2.45) is 5.92 Å². The van der Waals surface area contributed by atoms with E-state index in [1.54, 1.807) is 0 Å². The zero-order valence-electron chi connectivity index (χ0n) is 9.71. The predicted octanol–water partition coefficient (Wildman–Crippen LogP) is 0.834. The molecular formula is C12H21NO3. The first-order valence-corrected chi connectivity index (χ1v) is 6.27. The van der Waals surface area contributed by atoms with E-state index >= 15 is 0 Å². The summed E-state index contributed by atoms with van der Waals surface area (Å²) in [5.41, 5.74) is -0.648. The molecule has 2 N–H and O–H groups in total. The molecular weight excluding hydrogens is 206 g/mol. The van der Waals surface area contributed by atoms with Crippen LogP contribution in [0.3, 0.4) is 0 Å². The van der Waals surface area contributed by atoms with Crippen LogP contribution < -0.4 is 5.32 Å². The summed E-state index contributed by atoms with van der Waals surface area (Å²) in [6.07, 6.45) is 5.63. The molecule has 1 atom stereocenters. The molecule has 1 aliphatic carbocycles. The van der Waals surface area contributed by atoms with Crippen molar-refractivity contribution >= 4 is 5.91 Å². The van der Waals surface area contributed by atoms with Gasteiger partial charge in [0.25, 0.3) is 0 Å². The largest absolute Gasteiger partial charge is 0.388 e. The average Bonchev–Trinajstić information content (AvgIpc) is 2.75. The smallest absolute Gasteiger partial charge is 0.225 e. The van der Waals surface area contributed by atoms with E-state index in [0.717, 1.165) is 45.1 Å². The first kappa shape index (κ1) is 11.9. The minimum Gasteiger partial charge on any atom is -0.388 e. The lowest BCUT2D eigenvalue weighted by Gasteiger charge is -2.26. The summed E-state index contributed by atoms with van der Waals surface area (Å²) < 4.78 is 5.28. The number of rotatable bonds is 3. The molecule has 0 aromatic heterocycles. The van der Waals surface area contributed by atoms with E-state index in [2.05, 4.69) is 5.32 Å². The SMILES string of the molecule is O=C(NCC1(O)CCCC1)C1CCCOC1. The number of hydrogen-bond donors (Lipinski definition) is 2. The molecule has 4 heteroatoms. The maximum atomic E-state index is 11.8. The molecule has 0 bridgehead atoms. The summed E-state index contributed by atoms with van der Waals surface area (Å²) >= 11 is 0. The highest BCUT2D eigenvalue weighted by molar-refractivity contribution is 5.78. The van der Waals surface area contributed by atoms with Gasteiger partial charge in [-0.05, 0) is 25.7 Å². The normalized spacial score (nSPS) is 28.9. The molecule has 1 amide bonds. The zero-order valence-corrected chi connectivity index (χ0v) is 9.71. The third kappa shape index (κ3) is 2.95. The van der Waals surface area contributed by atoms with Gasteiger partial charge in [-0.2, -0.15) is 0 Å². The van der Waals surface area contributed by atoms with Gasteiger partial charge < -0.3 is 15.2 Å². The quantitative estimate of drug-likeness (QED) is 0.751. The Hall–Kier alpha value is -0.610. The molecule has 1 unspecified atom stereocenters. The van der Waals surface area contributed by atoms with Crippen molar-refractivity contribution in [2.75, 3.05) is 19.8 Å². The molecule has 1 saturated heterocycles. The van der Waals surface area contributed by atoms with Crippen molar-refractivity contribution < 1.29 is 14.6 Å². The van der Waals surface area contributed by atoms with Crippen LogP contribution in [0, 0.1) is 5.92 Å². The van der Waals surface area contributed by atoms with Crippen molar-refractivity contribution in [1.82, 2.24) is 5.32 Å². The van der Waals surface area contributed by atoms with Gasteiger partial charge in [-0.1, -0.05) is 12.8 Å². The van der Waals surface area contributed by atoms with Crippen molar-refractivity contribution in [3.63, 3.8) is 0 Å². The van der Waals surface area contributed by atoms with Crippen LogP contribution in [0.5, 0.6) is 0 Å². The van der Waals surface area contributed by atoms with E-state index in [1.165, 1.54) is 0 Å². The Morgan fingerprint density at radius 2 is 2.12 bits per heavy atom. The Kier molecular flexibility index (Phi) is 3.82. The van der Waals surface area contributed by atoms with Crippen LogP contribution in [-0.4, -0.2) is 36.4 Å². The molecule has 0 spiro atoms. The van der Waals surface area contributed by atoms with Crippen LogP contribution in [-0.2, 0) is 9.53 Å². The minimum atomic E-state index is -0.648. The highest BCUT2D eigenvalue weighted by Crippen LogP contribution is 2.28. The van der Waals surface area contributed by atoms with Gasteiger partial charge in [0.2, 0.25) is 5.91 Å². The third-order valence-electron chi connectivity index (χ3n) is 3.66. The average molecular weight is 227 g/mol. The fourth-order valence-corrected chi connectivity index (χ4v) is 2.55. The second-order valence-electron chi connectivity index (χ2n) is 5.06. The summed E-state index contributed by atoms with van der Waals surface area (Å²) in [6.45, 7) is 1.71. The molecule has 1 aliphatic heterocycles. The lowest BCUT2D eigenvalue weighted by Crippen LogP contribution is -2.44. The Morgan fingerprint density at radius 1 is 1.38 bits per heavy atom. The van der Waals surface area contributed by atoms with Gasteiger partial charge in [0.1, 0.15) is 0 Å². The number of hydrogen-bond acceptors (Lipinski definition) is 3. The third-order valence-corrected chi connectivity index (χ3v) is 3.66. The molecule has 1 heterocycles. The van der Waals surface area contributed by atoms with Crippen LogP contribution in [0.15, 0.2) is 0 Å². The number of aliphatic hydroxyl groups is 1. The Morgan fingerprint density at radius 3 is 2.75 bits per heavy atom. The summed E-state index contributed by atoms with van der Waals surface area (Å²) in [5, 5.41) is 13.0. The van der Waals surface area contributed by atoms with E-state index in [4.69, 9.17) is 4.74 Å². The second kappa shape index (κ2) is 5.15. The molecule has 0 aromatic carbocycles. The number of carbonyl (C=O) groups is 1. The standard InChI is InChI=1S/C12H21NO3/c14-11(10-4-3-7-16-8-10)13-9-12(15)5-1-2-6-12/h10,15H,1-9H2,(H,13,14). The van der Waals surface area contributed by atoms with Crippen LogP contribution in [0.1, 0.15) is 38.5 Å². The number of nitrogens with one attached hydrogen (secondary N) is 1. The van der Waals surface area contributed by atoms with Crippen molar-refractivity contribution in [3.05, 3.63) is 0 Å². The molecule has 0 radical (unpaired) electrons. The fraction of sp³-hybridized carbons (Fsp3) is 0.917. The number of amides is 1. The molecule has 92 valence electrons. The van der Waals surface area contributed by atoms with Crippen molar-refractivity contribution in [3.8, 4) is 0 Å². The van der Waals surface area contributed by atoms with E-state index in [1.807, 2.05) is 0 Å². The van der Waals surface area contributed by atoms with Gasteiger partial charge in [-0.15, -0.1) is 0 Å². The number of carbonyl (C=O) groups excluding carboxylic acids is 1. The second-order valence-corrected chi connectivity index (χ2v) is 5.06. The van der Waals surface area contributed by atoms with Crippen LogP contribution >= 0.6 is 0 Å². The van der Waals surface area contributed by atoms with Gasteiger partial charge in [0, 0.05) is 13.2 Å². The molecule has 2 rings (SSSR count). The van der Waals surface area contributed by atoms with E-state index in [0.29, 0.717) is 13.2 Å². The monoisotopic (exact) mass is 227 g/mol. The number of ether oxygens (including phenoxy) is 1. The maximum Gasteiger partial charge on any atom is 0.225 e. The Bertz CT molecular complexity index is 243. The molecule has 2 aliphatic rings. The van der Waals surface area contributed by atoms with Crippen LogP contribution in [0.4, 0.5) is 0 Å². The fourth-order valence-electron chi connectivity index (χ4n) is 2.55. The van der Waals surface area contributed by atoms with Gasteiger partial charge >= 0.3 is 0 Å². The first-order chi connectivity index (χ1) is 7.70. The van der Waals surface area contributed by atoms with Crippen LogP contribution in [0.2, 0.25) is 0 Å². The molecule has 4 nitrogen and oxygen atoms in total. The minimum absolute atomic E-state index is 0.0150. The predicted molar refractivity (Wildman–Crippen MR) is 60.0 cm³/mol. The zero-order chi connectivity index (χ0) is 11.4. The van der Waals surface area contributed by atoms with E-state index < -0.39 is 5.60 Å².